The van der Waals surface area contributed by atoms with Crippen molar-refractivity contribution < 1.29 is 10.0 Å². The quantitative estimate of drug-likeness (QED) is 0.499. The van der Waals surface area contributed by atoms with E-state index in [2.05, 4.69) is 0 Å². The van der Waals surface area contributed by atoms with Crippen LogP contribution in [0.2, 0.25) is 5.02 Å². The number of halogens is 1. The van der Waals surface area contributed by atoms with Crippen molar-refractivity contribution in [3.8, 4) is 0 Å². The van der Waals surface area contributed by atoms with Gasteiger partial charge in [0.25, 0.3) is 0 Å². The average molecular weight is 227 g/mol. The molecule has 14 heavy (non-hydrogen) atoms. The minimum Gasteiger partial charge on any atom is -0.423 e. The lowest BCUT2D eigenvalue weighted by molar-refractivity contribution is 0.426. The molecule has 4 N–H and O–H groups in total. The van der Waals surface area contributed by atoms with Crippen molar-refractivity contribution in [1.82, 2.24) is 0 Å². The summed E-state index contributed by atoms with van der Waals surface area (Å²) in [5.74, 6) is 0. The zero-order valence-electron chi connectivity index (χ0n) is 7.07. The predicted octanol–water partition coefficient (Wildman–Crippen LogP) is 0.817. The zero-order valence-corrected chi connectivity index (χ0v) is 8.64. The largest absolute Gasteiger partial charge is 0.490 e. The Morgan fingerprint density at radius 3 is 2.71 bits per heavy atom. The van der Waals surface area contributed by atoms with E-state index in [0.29, 0.717) is 16.2 Å². The van der Waals surface area contributed by atoms with Crippen LogP contribution in [0.4, 0.5) is 5.69 Å². The average Bonchev–Trinajstić information content (AvgIpc) is 2.49. The van der Waals surface area contributed by atoms with E-state index in [1.165, 1.54) is 11.3 Å². The molecule has 0 saturated carbocycles. The first-order valence-corrected chi connectivity index (χ1v) is 5.18. The highest BCUT2D eigenvalue weighted by Crippen LogP contribution is 2.32. The van der Waals surface area contributed by atoms with Crippen molar-refractivity contribution in [3.05, 3.63) is 22.5 Å². The second-order valence-electron chi connectivity index (χ2n) is 2.90. The minimum atomic E-state index is -1.54. The van der Waals surface area contributed by atoms with E-state index in [1.807, 2.05) is 0 Å². The smallest absolute Gasteiger partial charge is 0.423 e. The maximum Gasteiger partial charge on any atom is 0.490 e. The summed E-state index contributed by atoms with van der Waals surface area (Å²) in [6.07, 6.45) is 0. The van der Waals surface area contributed by atoms with Crippen molar-refractivity contribution in [2.45, 2.75) is 0 Å². The zero-order chi connectivity index (χ0) is 10.3. The molecule has 0 bridgehead atoms. The van der Waals surface area contributed by atoms with Crippen LogP contribution in [0.5, 0.6) is 0 Å². The summed E-state index contributed by atoms with van der Waals surface area (Å²) in [5, 5.41) is 21.3. The molecule has 1 heterocycles. The van der Waals surface area contributed by atoms with Crippen molar-refractivity contribution >= 4 is 51.3 Å². The number of thiophene rings is 1. The lowest BCUT2D eigenvalue weighted by atomic mass is 9.79. The molecule has 0 unspecified atom stereocenters. The number of nitrogens with two attached hydrogens (primary N) is 1. The minimum absolute atomic E-state index is 0.316. The van der Waals surface area contributed by atoms with Crippen molar-refractivity contribution in [2.75, 3.05) is 5.73 Å². The van der Waals surface area contributed by atoms with Crippen LogP contribution in [0.15, 0.2) is 17.5 Å². The summed E-state index contributed by atoms with van der Waals surface area (Å²) in [6, 6.07) is 3.31. The van der Waals surface area contributed by atoms with Gasteiger partial charge in [0.05, 0.1) is 9.72 Å². The molecule has 2 aromatic rings. The number of benzene rings is 1. The number of hydrogen-bond donors (Lipinski definition) is 3. The number of nitrogen functional groups attached to an aromatic ring is 1. The highest BCUT2D eigenvalue weighted by molar-refractivity contribution is 7.18. The third kappa shape index (κ3) is 1.38. The standard InChI is InChI=1S/C8H7BClNO2S/c10-6-3-14-8-4(6)1-2-5(7(8)11)9(12)13/h1-3,12-13H,11H2. The van der Waals surface area contributed by atoms with Crippen LogP contribution in [-0.4, -0.2) is 17.2 Å². The molecular formula is C8H7BClNO2S. The summed E-state index contributed by atoms with van der Waals surface area (Å²) in [4.78, 5) is 0. The van der Waals surface area contributed by atoms with Crippen LogP contribution < -0.4 is 11.2 Å². The molecule has 1 aromatic heterocycles. The van der Waals surface area contributed by atoms with Gasteiger partial charge in [-0.2, -0.15) is 0 Å². The molecule has 72 valence electrons. The van der Waals surface area contributed by atoms with E-state index < -0.39 is 7.12 Å². The molecule has 0 fully saturated rings. The van der Waals surface area contributed by atoms with Crippen LogP contribution in [0.3, 0.4) is 0 Å². The van der Waals surface area contributed by atoms with Crippen LogP contribution in [0, 0.1) is 0 Å². The topological polar surface area (TPSA) is 66.5 Å². The molecular weight excluding hydrogens is 220 g/mol. The Balaban J connectivity index is 2.76. The lowest BCUT2D eigenvalue weighted by Gasteiger charge is -2.04. The van der Waals surface area contributed by atoms with E-state index in [4.69, 9.17) is 27.4 Å². The monoisotopic (exact) mass is 227 g/mol. The van der Waals surface area contributed by atoms with Gasteiger partial charge >= 0.3 is 7.12 Å². The Morgan fingerprint density at radius 2 is 2.07 bits per heavy atom. The molecule has 0 spiro atoms. The molecule has 6 heteroatoms. The third-order valence-electron chi connectivity index (χ3n) is 2.05. The van der Waals surface area contributed by atoms with Gasteiger partial charge in [-0.15, -0.1) is 11.3 Å². The van der Waals surface area contributed by atoms with Gasteiger partial charge < -0.3 is 15.8 Å². The van der Waals surface area contributed by atoms with E-state index in [0.717, 1.165) is 10.1 Å². The highest BCUT2D eigenvalue weighted by Gasteiger charge is 2.17. The first-order chi connectivity index (χ1) is 6.61. The molecule has 0 atom stereocenters. The van der Waals surface area contributed by atoms with Crippen molar-refractivity contribution in [3.63, 3.8) is 0 Å². The first kappa shape index (κ1) is 9.80. The molecule has 1 aromatic carbocycles. The summed E-state index contributed by atoms with van der Waals surface area (Å²) < 4.78 is 0.792. The fourth-order valence-corrected chi connectivity index (χ4v) is 2.57. The Morgan fingerprint density at radius 1 is 1.36 bits per heavy atom. The van der Waals surface area contributed by atoms with Crippen LogP contribution in [-0.2, 0) is 0 Å². The van der Waals surface area contributed by atoms with Crippen molar-refractivity contribution in [1.29, 1.82) is 0 Å². The number of rotatable bonds is 1. The predicted molar refractivity (Wildman–Crippen MR) is 61.1 cm³/mol. The molecule has 0 amide bonds. The molecule has 3 nitrogen and oxygen atoms in total. The SMILES string of the molecule is Nc1c(B(O)O)ccc2c(Cl)csc12. The van der Waals surface area contributed by atoms with E-state index in [-0.39, 0.29) is 0 Å². The highest BCUT2D eigenvalue weighted by atomic mass is 35.5. The lowest BCUT2D eigenvalue weighted by Crippen LogP contribution is -2.32. The van der Waals surface area contributed by atoms with E-state index in [9.17, 15) is 0 Å². The molecule has 0 saturated heterocycles. The summed E-state index contributed by atoms with van der Waals surface area (Å²) in [7, 11) is -1.54. The molecule has 0 aliphatic rings. The fourth-order valence-electron chi connectivity index (χ4n) is 1.33. The maximum absolute atomic E-state index is 9.02. The van der Waals surface area contributed by atoms with E-state index >= 15 is 0 Å². The van der Waals surface area contributed by atoms with Gasteiger partial charge in [-0.1, -0.05) is 23.7 Å². The van der Waals surface area contributed by atoms with Gasteiger partial charge in [0.2, 0.25) is 0 Å². The molecule has 0 radical (unpaired) electrons. The molecule has 0 aliphatic heterocycles. The molecule has 0 aliphatic carbocycles. The number of hydrogen-bond acceptors (Lipinski definition) is 4. The van der Waals surface area contributed by atoms with Crippen molar-refractivity contribution in [2.24, 2.45) is 0 Å². The first-order valence-electron chi connectivity index (χ1n) is 3.92. The number of fused-ring (bicyclic) bond motifs is 1. The second kappa shape index (κ2) is 3.44. The van der Waals surface area contributed by atoms with Gasteiger partial charge in [0.15, 0.2) is 0 Å². The van der Waals surface area contributed by atoms with E-state index in [1.54, 1.807) is 17.5 Å². The Hall–Kier alpha value is -0.745. The third-order valence-corrected chi connectivity index (χ3v) is 3.52. The van der Waals surface area contributed by atoms with Gasteiger partial charge in [-0.05, 0) is 0 Å². The second-order valence-corrected chi connectivity index (χ2v) is 4.19. The fraction of sp³-hybridized carbons (Fsp3) is 0. The molecule has 2 rings (SSSR count). The summed E-state index contributed by atoms with van der Waals surface area (Å²) in [5.41, 5.74) is 6.46. The normalized spacial score (nSPS) is 10.8. The Labute approximate surface area is 89.9 Å². The van der Waals surface area contributed by atoms with Crippen LogP contribution >= 0.6 is 22.9 Å². The Kier molecular flexibility index (Phi) is 2.40. The Bertz CT molecular complexity index is 485. The summed E-state index contributed by atoms with van der Waals surface area (Å²) >= 11 is 7.30. The van der Waals surface area contributed by atoms with Gasteiger partial charge in [0, 0.05) is 21.9 Å². The van der Waals surface area contributed by atoms with Crippen LogP contribution in [0.1, 0.15) is 0 Å². The van der Waals surface area contributed by atoms with Gasteiger partial charge in [-0.25, -0.2) is 0 Å². The summed E-state index contributed by atoms with van der Waals surface area (Å²) in [6.45, 7) is 0. The van der Waals surface area contributed by atoms with Crippen LogP contribution in [0.25, 0.3) is 10.1 Å². The maximum atomic E-state index is 9.02. The van der Waals surface area contributed by atoms with Gasteiger partial charge in [-0.3, -0.25) is 0 Å². The number of anilines is 1. The van der Waals surface area contributed by atoms with Gasteiger partial charge in [0.1, 0.15) is 0 Å².